The van der Waals surface area contributed by atoms with E-state index in [0.29, 0.717) is 16.4 Å². The van der Waals surface area contributed by atoms with Crippen LogP contribution in [-0.2, 0) is 9.59 Å². The van der Waals surface area contributed by atoms with Crippen molar-refractivity contribution in [2.24, 2.45) is 0 Å². The second-order valence-corrected chi connectivity index (χ2v) is 6.93. The molecule has 1 aliphatic heterocycles. The molecule has 2 amide bonds. The van der Waals surface area contributed by atoms with Crippen LogP contribution in [0.4, 0.5) is 11.4 Å². The van der Waals surface area contributed by atoms with Gasteiger partial charge in [0, 0.05) is 11.4 Å². The van der Waals surface area contributed by atoms with E-state index < -0.39 is 5.91 Å². The largest absolute Gasteiger partial charge is 0.321 e. The van der Waals surface area contributed by atoms with Gasteiger partial charge in [-0.25, -0.2) is 0 Å². The van der Waals surface area contributed by atoms with Gasteiger partial charge in [-0.1, -0.05) is 41.6 Å². The number of carbonyl (C=O) groups is 2. The van der Waals surface area contributed by atoms with Gasteiger partial charge in [-0.2, -0.15) is 5.26 Å². The molecule has 26 heavy (non-hydrogen) atoms. The fraction of sp³-hybridized carbons (Fsp3) is 0.150. The van der Waals surface area contributed by atoms with E-state index in [9.17, 15) is 14.9 Å². The van der Waals surface area contributed by atoms with Crippen LogP contribution in [0, 0.1) is 25.2 Å². The van der Waals surface area contributed by atoms with Crippen LogP contribution in [0.2, 0.25) is 0 Å². The highest BCUT2D eigenvalue weighted by Crippen LogP contribution is 2.36. The summed E-state index contributed by atoms with van der Waals surface area (Å²) in [6.45, 7) is 3.88. The topological polar surface area (TPSA) is 73.2 Å². The number of aryl methyl sites for hydroxylation is 2. The maximum absolute atomic E-state index is 12.6. The van der Waals surface area contributed by atoms with Gasteiger partial charge < -0.3 is 5.32 Å². The molecule has 0 spiro atoms. The highest BCUT2D eigenvalue weighted by Gasteiger charge is 2.33. The Labute approximate surface area is 156 Å². The van der Waals surface area contributed by atoms with Crippen LogP contribution in [0.1, 0.15) is 11.1 Å². The summed E-state index contributed by atoms with van der Waals surface area (Å²) in [5.74, 6) is -0.469. The molecule has 130 valence electrons. The van der Waals surface area contributed by atoms with Crippen molar-refractivity contribution < 1.29 is 9.59 Å². The first-order valence-electron chi connectivity index (χ1n) is 8.04. The number of nitrogens with zero attached hydrogens (tertiary/aromatic N) is 2. The molecule has 1 fully saturated rings. The minimum Gasteiger partial charge on any atom is -0.321 e. The van der Waals surface area contributed by atoms with Gasteiger partial charge in [0.2, 0.25) is 5.91 Å². The summed E-state index contributed by atoms with van der Waals surface area (Å²) in [6, 6.07) is 16.7. The molecule has 0 radical (unpaired) electrons. The summed E-state index contributed by atoms with van der Waals surface area (Å²) in [5.41, 5.74) is 3.26. The zero-order valence-electron chi connectivity index (χ0n) is 14.4. The quantitative estimate of drug-likeness (QED) is 0.666. The predicted octanol–water partition coefficient (Wildman–Crippen LogP) is 3.76. The van der Waals surface area contributed by atoms with E-state index in [0.717, 1.165) is 11.1 Å². The molecule has 1 heterocycles. The van der Waals surface area contributed by atoms with E-state index >= 15 is 0 Å². The van der Waals surface area contributed by atoms with Gasteiger partial charge in [-0.15, -0.1) is 0 Å². The van der Waals surface area contributed by atoms with Crippen molar-refractivity contribution in [3.8, 4) is 6.07 Å². The molecule has 1 saturated heterocycles. The molecule has 2 aromatic rings. The SMILES string of the molecule is Cc1ccc(N2C(=O)CS/C2=C(\C#N)C(=O)Nc2cccc(C)c2)cc1. The number of nitriles is 1. The number of thioether (sulfide) groups is 1. The molecule has 0 unspecified atom stereocenters. The molecule has 0 bridgehead atoms. The molecule has 5 nitrogen and oxygen atoms in total. The summed E-state index contributed by atoms with van der Waals surface area (Å²) in [5, 5.41) is 12.7. The van der Waals surface area contributed by atoms with Crippen molar-refractivity contribution in [3.63, 3.8) is 0 Å². The number of anilines is 2. The summed E-state index contributed by atoms with van der Waals surface area (Å²) in [6.07, 6.45) is 0. The summed E-state index contributed by atoms with van der Waals surface area (Å²) < 4.78 is 0. The molecule has 3 rings (SSSR count). The lowest BCUT2D eigenvalue weighted by molar-refractivity contribution is -0.115. The zero-order chi connectivity index (χ0) is 18.7. The van der Waals surface area contributed by atoms with E-state index in [1.807, 2.05) is 62.4 Å². The molecule has 0 aromatic heterocycles. The van der Waals surface area contributed by atoms with Gasteiger partial charge >= 0.3 is 0 Å². The van der Waals surface area contributed by atoms with Gasteiger partial charge in [-0.05, 0) is 43.7 Å². The standard InChI is InChI=1S/C20H17N3O2S/c1-13-6-8-16(9-7-13)23-18(24)12-26-20(23)17(11-21)19(25)22-15-5-3-4-14(2)10-15/h3-10H,12H2,1-2H3,(H,22,25)/b20-17+. The van der Waals surface area contributed by atoms with Crippen molar-refractivity contribution in [3.05, 3.63) is 70.3 Å². The highest BCUT2D eigenvalue weighted by molar-refractivity contribution is 8.04. The number of benzene rings is 2. The van der Waals surface area contributed by atoms with E-state index in [-0.39, 0.29) is 17.2 Å². The Morgan fingerprint density at radius 3 is 2.54 bits per heavy atom. The Hall–Kier alpha value is -3.04. The predicted molar refractivity (Wildman–Crippen MR) is 104 cm³/mol. The first-order chi connectivity index (χ1) is 12.5. The van der Waals surface area contributed by atoms with Crippen LogP contribution >= 0.6 is 11.8 Å². The van der Waals surface area contributed by atoms with Crippen LogP contribution in [0.3, 0.4) is 0 Å². The zero-order valence-corrected chi connectivity index (χ0v) is 15.3. The Morgan fingerprint density at radius 2 is 1.88 bits per heavy atom. The number of hydrogen-bond donors (Lipinski definition) is 1. The van der Waals surface area contributed by atoms with Crippen LogP contribution in [0.5, 0.6) is 0 Å². The van der Waals surface area contributed by atoms with E-state index in [1.54, 1.807) is 6.07 Å². The summed E-state index contributed by atoms with van der Waals surface area (Å²) in [4.78, 5) is 26.4. The third-order valence-corrected chi connectivity index (χ3v) is 4.96. The van der Waals surface area contributed by atoms with Crippen LogP contribution in [0.25, 0.3) is 0 Å². The third kappa shape index (κ3) is 3.63. The second-order valence-electron chi connectivity index (χ2n) is 5.97. The number of amides is 2. The monoisotopic (exact) mass is 363 g/mol. The number of hydrogen-bond acceptors (Lipinski definition) is 4. The molecule has 6 heteroatoms. The first-order valence-corrected chi connectivity index (χ1v) is 9.03. The molecular weight excluding hydrogens is 346 g/mol. The van der Waals surface area contributed by atoms with Crippen molar-refractivity contribution in [1.82, 2.24) is 0 Å². The van der Waals surface area contributed by atoms with Gasteiger partial charge in [0.25, 0.3) is 5.91 Å². The van der Waals surface area contributed by atoms with Crippen LogP contribution in [-0.4, -0.2) is 17.6 Å². The van der Waals surface area contributed by atoms with E-state index in [2.05, 4.69) is 5.32 Å². The van der Waals surface area contributed by atoms with Crippen LogP contribution < -0.4 is 10.2 Å². The smallest absolute Gasteiger partial charge is 0.269 e. The lowest BCUT2D eigenvalue weighted by atomic mass is 10.2. The third-order valence-electron chi connectivity index (χ3n) is 3.91. The van der Waals surface area contributed by atoms with Gasteiger partial charge in [0.15, 0.2) is 0 Å². The normalized spacial score (nSPS) is 15.6. The summed E-state index contributed by atoms with van der Waals surface area (Å²) >= 11 is 1.21. The van der Waals surface area contributed by atoms with Crippen molar-refractivity contribution in [2.75, 3.05) is 16.0 Å². The Balaban J connectivity index is 1.96. The van der Waals surface area contributed by atoms with Gasteiger partial charge in [-0.3, -0.25) is 14.5 Å². The maximum atomic E-state index is 12.6. The average molecular weight is 363 g/mol. The number of carbonyl (C=O) groups excluding carboxylic acids is 2. The summed E-state index contributed by atoms with van der Waals surface area (Å²) in [7, 11) is 0. The number of rotatable bonds is 3. The molecule has 1 aliphatic rings. The highest BCUT2D eigenvalue weighted by atomic mass is 32.2. The maximum Gasteiger partial charge on any atom is 0.269 e. The van der Waals surface area contributed by atoms with Crippen molar-refractivity contribution >= 4 is 35.0 Å². The molecular formula is C20H17N3O2S. The van der Waals surface area contributed by atoms with E-state index in [1.165, 1.54) is 16.7 Å². The fourth-order valence-corrected chi connectivity index (χ4v) is 3.63. The Bertz CT molecular complexity index is 942. The minimum absolute atomic E-state index is 0.0667. The Kier molecular flexibility index (Phi) is 5.10. The van der Waals surface area contributed by atoms with Gasteiger partial charge in [0.1, 0.15) is 16.7 Å². The molecule has 0 aliphatic carbocycles. The van der Waals surface area contributed by atoms with E-state index in [4.69, 9.17) is 0 Å². The molecule has 0 saturated carbocycles. The van der Waals surface area contributed by atoms with Crippen molar-refractivity contribution in [2.45, 2.75) is 13.8 Å². The Morgan fingerprint density at radius 1 is 1.15 bits per heavy atom. The molecule has 2 aromatic carbocycles. The first kappa shape index (κ1) is 17.8. The molecule has 0 atom stereocenters. The fourth-order valence-electron chi connectivity index (χ4n) is 2.62. The van der Waals surface area contributed by atoms with Crippen molar-refractivity contribution in [1.29, 1.82) is 5.26 Å². The lowest BCUT2D eigenvalue weighted by Crippen LogP contribution is -2.26. The van der Waals surface area contributed by atoms with Gasteiger partial charge in [0.05, 0.1) is 5.75 Å². The minimum atomic E-state index is -0.521. The number of nitrogens with one attached hydrogen (secondary N) is 1. The van der Waals surface area contributed by atoms with Crippen LogP contribution in [0.15, 0.2) is 59.1 Å². The second kappa shape index (κ2) is 7.46. The molecule has 1 N–H and O–H groups in total. The average Bonchev–Trinajstić information content (AvgIpc) is 2.98. The lowest BCUT2D eigenvalue weighted by Gasteiger charge is -2.18.